The average molecular weight is 388 g/mol. The largest absolute Gasteiger partial charge is 0.489 e. The second kappa shape index (κ2) is 7.04. The Morgan fingerprint density at radius 1 is 1.10 bits per heavy atom. The Morgan fingerprint density at radius 2 is 1.81 bits per heavy atom. The lowest BCUT2D eigenvalue weighted by molar-refractivity contribution is 0.304. The van der Waals surface area contributed by atoms with Gasteiger partial charge in [-0.05, 0) is 48.2 Å². The molecule has 0 saturated heterocycles. The first-order valence-corrected chi connectivity index (χ1v) is 8.30. The van der Waals surface area contributed by atoms with Gasteiger partial charge in [0.15, 0.2) is 0 Å². The van der Waals surface area contributed by atoms with Crippen LogP contribution in [-0.2, 0) is 6.61 Å². The summed E-state index contributed by atoms with van der Waals surface area (Å²) >= 11 is 15.9. The summed E-state index contributed by atoms with van der Waals surface area (Å²) in [6.45, 7) is 6.67. The van der Waals surface area contributed by atoms with Gasteiger partial charge >= 0.3 is 0 Å². The molecule has 2 aromatic carbocycles. The summed E-state index contributed by atoms with van der Waals surface area (Å²) in [7, 11) is 0. The molecule has 4 heteroatoms. The van der Waals surface area contributed by atoms with Crippen molar-refractivity contribution < 1.29 is 4.74 Å². The van der Waals surface area contributed by atoms with Crippen LogP contribution >= 0.6 is 39.1 Å². The van der Waals surface area contributed by atoms with Crippen LogP contribution in [0.2, 0.25) is 10.0 Å². The van der Waals surface area contributed by atoms with E-state index >= 15 is 0 Å². The zero-order valence-electron chi connectivity index (χ0n) is 12.2. The number of halogens is 3. The van der Waals surface area contributed by atoms with E-state index in [2.05, 4.69) is 29.8 Å². The maximum atomic E-state index is 6.27. The minimum Gasteiger partial charge on any atom is -0.489 e. The molecule has 0 radical (unpaired) electrons. The standard InChI is InChI=1S/C17H17BrCl2O/c1-10(2)14-8-17(11(3)6-16(14)20)21-9-12-4-5-13(18)7-15(12)19/h4-8,10H,9H2,1-3H3. The summed E-state index contributed by atoms with van der Waals surface area (Å²) in [5.41, 5.74) is 3.08. The van der Waals surface area contributed by atoms with Gasteiger partial charge in [0.05, 0.1) is 0 Å². The minimum atomic E-state index is 0.358. The first-order valence-electron chi connectivity index (χ1n) is 6.75. The Labute approximate surface area is 144 Å². The van der Waals surface area contributed by atoms with E-state index in [9.17, 15) is 0 Å². The molecule has 2 rings (SSSR count). The van der Waals surface area contributed by atoms with Crippen molar-refractivity contribution in [1.29, 1.82) is 0 Å². The minimum absolute atomic E-state index is 0.358. The van der Waals surface area contributed by atoms with Crippen molar-refractivity contribution in [2.24, 2.45) is 0 Å². The van der Waals surface area contributed by atoms with Crippen LogP contribution < -0.4 is 4.74 Å². The van der Waals surface area contributed by atoms with E-state index in [0.29, 0.717) is 17.5 Å². The maximum absolute atomic E-state index is 6.27. The molecule has 0 amide bonds. The van der Waals surface area contributed by atoms with Crippen molar-refractivity contribution >= 4 is 39.1 Å². The van der Waals surface area contributed by atoms with E-state index < -0.39 is 0 Å². The molecule has 0 heterocycles. The average Bonchev–Trinajstić information content (AvgIpc) is 2.39. The van der Waals surface area contributed by atoms with Crippen LogP contribution in [0.5, 0.6) is 5.75 Å². The normalized spacial score (nSPS) is 11.0. The summed E-state index contributed by atoms with van der Waals surface area (Å²) < 4.78 is 6.89. The highest BCUT2D eigenvalue weighted by Gasteiger charge is 2.11. The number of hydrogen-bond donors (Lipinski definition) is 0. The van der Waals surface area contributed by atoms with E-state index in [1.807, 2.05) is 37.3 Å². The van der Waals surface area contributed by atoms with Crippen molar-refractivity contribution in [3.63, 3.8) is 0 Å². The molecule has 0 aliphatic heterocycles. The lowest BCUT2D eigenvalue weighted by Gasteiger charge is -2.15. The molecule has 0 aromatic heterocycles. The molecule has 0 aliphatic rings. The summed E-state index contributed by atoms with van der Waals surface area (Å²) in [5.74, 6) is 1.21. The van der Waals surface area contributed by atoms with Gasteiger partial charge in [0.2, 0.25) is 0 Å². The summed E-state index contributed by atoms with van der Waals surface area (Å²) in [5, 5.41) is 1.48. The van der Waals surface area contributed by atoms with Gasteiger partial charge in [-0.15, -0.1) is 0 Å². The van der Waals surface area contributed by atoms with Gasteiger partial charge < -0.3 is 4.74 Å². The molecule has 21 heavy (non-hydrogen) atoms. The van der Waals surface area contributed by atoms with Gasteiger partial charge in [-0.2, -0.15) is 0 Å². The monoisotopic (exact) mass is 386 g/mol. The first-order chi connectivity index (χ1) is 9.88. The highest BCUT2D eigenvalue weighted by Crippen LogP contribution is 2.32. The maximum Gasteiger partial charge on any atom is 0.123 e. The van der Waals surface area contributed by atoms with Gasteiger partial charge in [0.25, 0.3) is 0 Å². The van der Waals surface area contributed by atoms with Crippen molar-refractivity contribution in [1.82, 2.24) is 0 Å². The number of hydrogen-bond acceptors (Lipinski definition) is 1. The van der Waals surface area contributed by atoms with Crippen molar-refractivity contribution in [3.05, 3.63) is 61.5 Å². The second-order valence-electron chi connectivity index (χ2n) is 5.32. The number of rotatable bonds is 4. The Morgan fingerprint density at radius 3 is 2.43 bits per heavy atom. The highest BCUT2D eigenvalue weighted by atomic mass is 79.9. The van der Waals surface area contributed by atoms with Gasteiger partial charge in [-0.25, -0.2) is 0 Å². The Kier molecular flexibility index (Phi) is 5.59. The van der Waals surface area contributed by atoms with Crippen LogP contribution in [0, 0.1) is 6.92 Å². The van der Waals surface area contributed by atoms with Crippen LogP contribution in [-0.4, -0.2) is 0 Å². The fraction of sp³-hybridized carbons (Fsp3) is 0.294. The van der Waals surface area contributed by atoms with Crippen molar-refractivity contribution in [2.45, 2.75) is 33.3 Å². The van der Waals surface area contributed by atoms with E-state index in [-0.39, 0.29) is 0 Å². The van der Waals surface area contributed by atoms with Gasteiger partial charge in [0.1, 0.15) is 12.4 Å². The summed E-state index contributed by atoms with van der Waals surface area (Å²) in [6.07, 6.45) is 0. The number of benzene rings is 2. The smallest absolute Gasteiger partial charge is 0.123 e. The molecule has 0 saturated carbocycles. The zero-order chi connectivity index (χ0) is 15.6. The molecule has 0 atom stereocenters. The van der Waals surface area contributed by atoms with Crippen LogP contribution in [0.4, 0.5) is 0 Å². The lowest BCUT2D eigenvalue weighted by Crippen LogP contribution is -2.00. The summed E-state index contributed by atoms with van der Waals surface area (Å²) in [6, 6.07) is 9.76. The third kappa shape index (κ3) is 4.15. The molecule has 0 aliphatic carbocycles. The fourth-order valence-corrected chi connectivity index (χ4v) is 3.23. The third-order valence-corrected chi connectivity index (χ3v) is 4.49. The van der Waals surface area contributed by atoms with Crippen LogP contribution in [0.15, 0.2) is 34.8 Å². The predicted octanol–water partition coefficient (Wildman–Crippen LogP) is 6.77. The summed E-state index contributed by atoms with van der Waals surface area (Å²) in [4.78, 5) is 0. The molecular weight excluding hydrogens is 371 g/mol. The predicted molar refractivity (Wildman–Crippen MR) is 93.8 cm³/mol. The molecule has 1 nitrogen and oxygen atoms in total. The molecule has 0 spiro atoms. The van der Waals surface area contributed by atoms with Crippen LogP contribution in [0.1, 0.15) is 36.5 Å². The highest BCUT2D eigenvalue weighted by molar-refractivity contribution is 9.10. The van der Waals surface area contributed by atoms with E-state index in [1.165, 1.54) is 0 Å². The lowest BCUT2D eigenvalue weighted by atomic mass is 10.0. The van der Waals surface area contributed by atoms with Gasteiger partial charge in [-0.3, -0.25) is 0 Å². The Balaban J connectivity index is 2.21. The van der Waals surface area contributed by atoms with Crippen molar-refractivity contribution in [2.75, 3.05) is 0 Å². The van der Waals surface area contributed by atoms with Crippen molar-refractivity contribution in [3.8, 4) is 5.75 Å². The first kappa shape index (κ1) is 16.7. The molecule has 112 valence electrons. The third-order valence-electron chi connectivity index (χ3n) is 3.31. The fourth-order valence-electron chi connectivity index (χ4n) is 2.06. The molecular formula is C17H17BrCl2O. The number of ether oxygens (including phenoxy) is 1. The molecule has 0 N–H and O–H groups in total. The van der Waals surface area contributed by atoms with Crippen LogP contribution in [0.25, 0.3) is 0 Å². The topological polar surface area (TPSA) is 9.23 Å². The second-order valence-corrected chi connectivity index (χ2v) is 7.05. The Hall–Kier alpha value is -0.700. The van der Waals surface area contributed by atoms with Crippen LogP contribution in [0.3, 0.4) is 0 Å². The zero-order valence-corrected chi connectivity index (χ0v) is 15.3. The van der Waals surface area contributed by atoms with E-state index in [4.69, 9.17) is 27.9 Å². The molecule has 0 bridgehead atoms. The van der Waals surface area contributed by atoms with Gasteiger partial charge in [0, 0.05) is 20.1 Å². The quantitative estimate of drug-likeness (QED) is 0.562. The molecule has 0 fully saturated rings. The Bertz CT molecular complexity index is 653. The number of aryl methyl sites for hydroxylation is 1. The SMILES string of the molecule is Cc1cc(Cl)c(C(C)C)cc1OCc1ccc(Br)cc1Cl. The van der Waals surface area contributed by atoms with E-state index in [0.717, 1.165) is 31.9 Å². The molecule has 0 unspecified atom stereocenters. The molecule has 2 aromatic rings. The van der Waals surface area contributed by atoms with E-state index in [1.54, 1.807) is 0 Å². The van der Waals surface area contributed by atoms with Gasteiger partial charge in [-0.1, -0.05) is 59.0 Å².